The first kappa shape index (κ1) is 12.4. The van der Waals surface area contributed by atoms with E-state index in [-0.39, 0.29) is 5.16 Å². The van der Waals surface area contributed by atoms with Crippen LogP contribution in [0.5, 0.6) is 0 Å². The van der Waals surface area contributed by atoms with Gasteiger partial charge in [0, 0.05) is 37.3 Å². The normalized spacial score (nSPS) is 11.4. The van der Waals surface area contributed by atoms with Gasteiger partial charge < -0.3 is 0 Å². The first-order chi connectivity index (χ1) is 8.39. The van der Waals surface area contributed by atoms with Crippen molar-refractivity contribution >= 4 is 9.84 Å². The Morgan fingerprint density at radius 2 is 1.83 bits per heavy atom. The Bertz CT molecular complexity index is 736. The predicted octanol–water partition coefficient (Wildman–Crippen LogP) is 0.246. The molecule has 0 amide bonds. The Kier molecular flexibility index (Phi) is 3.00. The lowest BCUT2D eigenvalue weighted by Crippen LogP contribution is -2.24. The van der Waals surface area contributed by atoms with Gasteiger partial charge in [0.1, 0.15) is 0 Å². The van der Waals surface area contributed by atoms with Crippen molar-refractivity contribution in [3.05, 3.63) is 40.9 Å². The lowest BCUT2D eigenvalue weighted by Gasteiger charge is -2.07. The van der Waals surface area contributed by atoms with E-state index in [1.54, 1.807) is 24.5 Å². The van der Waals surface area contributed by atoms with E-state index in [1.807, 2.05) is 0 Å². The van der Waals surface area contributed by atoms with Crippen molar-refractivity contribution in [3.63, 3.8) is 0 Å². The summed E-state index contributed by atoms with van der Waals surface area (Å²) < 4.78 is 24.1. The first-order valence-corrected chi connectivity index (χ1v) is 6.97. The summed E-state index contributed by atoms with van der Waals surface area (Å²) in [4.78, 5) is 19.6. The standard InChI is InChI=1S/C11H11N3O3S/c1-14-10(15)7-9(8-3-5-12-6-4-8)13-11(14)18(2,16)17/h3-7H,1-2H3. The molecule has 0 atom stereocenters. The molecule has 0 aliphatic carbocycles. The number of sulfone groups is 1. The molecule has 0 radical (unpaired) electrons. The van der Waals surface area contributed by atoms with Gasteiger partial charge in [-0.15, -0.1) is 0 Å². The van der Waals surface area contributed by atoms with Gasteiger partial charge in [-0.2, -0.15) is 0 Å². The van der Waals surface area contributed by atoms with Gasteiger partial charge in [-0.1, -0.05) is 0 Å². The van der Waals surface area contributed by atoms with Crippen LogP contribution in [0.4, 0.5) is 0 Å². The predicted molar refractivity (Wildman–Crippen MR) is 65.8 cm³/mol. The maximum atomic E-state index is 11.7. The molecule has 2 heterocycles. The van der Waals surface area contributed by atoms with E-state index in [4.69, 9.17) is 0 Å². The van der Waals surface area contributed by atoms with Crippen LogP contribution in [0.25, 0.3) is 11.3 Å². The summed E-state index contributed by atoms with van der Waals surface area (Å²) in [7, 11) is -2.17. The van der Waals surface area contributed by atoms with Gasteiger partial charge in [0.25, 0.3) is 5.56 Å². The van der Waals surface area contributed by atoms with Crippen LogP contribution in [0.1, 0.15) is 0 Å². The molecule has 0 saturated heterocycles. The third kappa shape index (κ3) is 2.30. The molecule has 94 valence electrons. The second-order valence-corrected chi connectivity index (χ2v) is 5.74. The van der Waals surface area contributed by atoms with E-state index in [9.17, 15) is 13.2 Å². The summed E-state index contributed by atoms with van der Waals surface area (Å²) in [6.07, 6.45) is 4.12. The van der Waals surface area contributed by atoms with E-state index in [0.717, 1.165) is 10.8 Å². The Morgan fingerprint density at radius 3 is 2.39 bits per heavy atom. The van der Waals surface area contributed by atoms with Crippen LogP contribution in [0.2, 0.25) is 0 Å². The summed E-state index contributed by atoms with van der Waals surface area (Å²) in [5.74, 6) is 0. The third-order valence-corrected chi connectivity index (χ3v) is 3.43. The van der Waals surface area contributed by atoms with Gasteiger partial charge >= 0.3 is 0 Å². The molecule has 0 N–H and O–H groups in total. The van der Waals surface area contributed by atoms with Gasteiger partial charge in [0.15, 0.2) is 0 Å². The molecular formula is C11H11N3O3S. The zero-order valence-corrected chi connectivity index (χ0v) is 10.7. The highest BCUT2D eigenvalue weighted by atomic mass is 32.2. The molecule has 2 aromatic rings. The largest absolute Gasteiger partial charge is 0.287 e. The smallest absolute Gasteiger partial charge is 0.254 e. The van der Waals surface area contributed by atoms with Crippen LogP contribution in [-0.2, 0) is 16.9 Å². The van der Waals surface area contributed by atoms with E-state index < -0.39 is 15.4 Å². The maximum Gasteiger partial charge on any atom is 0.254 e. The van der Waals surface area contributed by atoms with E-state index in [2.05, 4.69) is 9.97 Å². The number of pyridine rings is 1. The molecule has 0 aliphatic rings. The van der Waals surface area contributed by atoms with E-state index in [0.29, 0.717) is 11.3 Å². The summed E-state index contributed by atoms with van der Waals surface area (Å²) in [5, 5.41) is -0.248. The SMILES string of the molecule is Cn1c(S(C)(=O)=O)nc(-c2ccncc2)cc1=O. The fourth-order valence-corrected chi connectivity index (χ4v) is 2.37. The number of rotatable bonds is 2. The Morgan fingerprint density at radius 1 is 1.22 bits per heavy atom. The third-order valence-electron chi connectivity index (χ3n) is 2.40. The van der Waals surface area contributed by atoms with Crippen molar-refractivity contribution in [1.29, 1.82) is 0 Å². The first-order valence-electron chi connectivity index (χ1n) is 5.08. The van der Waals surface area contributed by atoms with Gasteiger partial charge in [-0.3, -0.25) is 14.3 Å². The maximum absolute atomic E-state index is 11.7. The van der Waals surface area contributed by atoms with Crippen molar-refractivity contribution in [2.45, 2.75) is 5.16 Å². The highest BCUT2D eigenvalue weighted by Crippen LogP contribution is 2.15. The second-order valence-electron chi connectivity index (χ2n) is 3.83. The van der Waals surface area contributed by atoms with Crippen LogP contribution in [0.15, 0.2) is 40.5 Å². The molecule has 0 saturated carbocycles. The molecule has 6 nitrogen and oxygen atoms in total. The van der Waals surface area contributed by atoms with Crippen LogP contribution in [0, 0.1) is 0 Å². The topological polar surface area (TPSA) is 81.9 Å². The van der Waals surface area contributed by atoms with Crippen molar-refractivity contribution in [1.82, 2.24) is 14.5 Å². The quantitative estimate of drug-likeness (QED) is 0.727. The van der Waals surface area contributed by atoms with Gasteiger partial charge in [-0.25, -0.2) is 13.4 Å². The van der Waals surface area contributed by atoms with Crippen molar-refractivity contribution in [2.24, 2.45) is 7.05 Å². The lowest BCUT2D eigenvalue weighted by atomic mass is 10.2. The summed E-state index contributed by atoms with van der Waals surface area (Å²) in [5.41, 5.74) is 0.547. The molecule has 0 spiro atoms. The fourth-order valence-electron chi connectivity index (χ4n) is 1.52. The Labute approximate surface area is 104 Å². The Hall–Kier alpha value is -2.02. The number of aromatic nitrogens is 3. The number of nitrogens with zero attached hydrogens (tertiary/aromatic N) is 3. The van der Waals surface area contributed by atoms with Gasteiger partial charge in [0.05, 0.1) is 5.69 Å². The molecule has 18 heavy (non-hydrogen) atoms. The lowest BCUT2D eigenvalue weighted by molar-refractivity contribution is 0.576. The fraction of sp³-hybridized carbons (Fsp3) is 0.182. The molecule has 0 bridgehead atoms. The summed E-state index contributed by atoms with van der Waals surface area (Å²) in [6, 6.07) is 4.62. The molecule has 2 aromatic heterocycles. The monoisotopic (exact) mass is 265 g/mol. The molecule has 0 aliphatic heterocycles. The second kappa shape index (κ2) is 4.34. The molecule has 0 fully saturated rings. The molecule has 0 aromatic carbocycles. The minimum atomic E-state index is -3.55. The van der Waals surface area contributed by atoms with Gasteiger partial charge in [-0.05, 0) is 12.1 Å². The van der Waals surface area contributed by atoms with Gasteiger partial charge in [0.2, 0.25) is 15.0 Å². The molecular weight excluding hydrogens is 254 g/mol. The van der Waals surface area contributed by atoms with Crippen LogP contribution >= 0.6 is 0 Å². The van der Waals surface area contributed by atoms with Crippen molar-refractivity contribution < 1.29 is 8.42 Å². The van der Waals surface area contributed by atoms with E-state index >= 15 is 0 Å². The zero-order chi connectivity index (χ0) is 13.3. The minimum Gasteiger partial charge on any atom is -0.287 e. The highest BCUT2D eigenvalue weighted by Gasteiger charge is 2.16. The van der Waals surface area contributed by atoms with Crippen molar-refractivity contribution in [2.75, 3.05) is 6.26 Å². The van der Waals surface area contributed by atoms with Crippen LogP contribution in [-0.4, -0.2) is 29.2 Å². The number of hydrogen-bond acceptors (Lipinski definition) is 5. The van der Waals surface area contributed by atoms with Crippen LogP contribution in [0.3, 0.4) is 0 Å². The average Bonchev–Trinajstić information content (AvgIpc) is 2.32. The minimum absolute atomic E-state index is 0.248. The highest BCUT2D eigenvalue weighted by molar-refractivity contribution is 7.90. The zero-order valence-electron chi connectivity index (χ0n) is 9.86. The molecule has 7 heteroatoms. The van der Waals surface area contributed by atoms with E-state index in [1.165, 1.54) is 13.1 Å². The average molecular weight is 265 g/mol. The molecule has 0 unspecified atom stereocenters. The summed E-state index contributed by atoms with van der Waals surface area (Å²) in [6.45, 7) is 0. The van der Waals surface area contributed by atoms with Crippen molar-refractivity contribution in [3.8, 4) is 11.3 Å². The van der Waals surface area contributed by atoms with Crippen LogP contribution < -0.4 is 5.56 Å². The summed E-state index contributed by atoms with van der Waals surface area (Å²) >= 11 is 0. The number of hydrogen-bond donors (Lipinski definition) is 0. The Balaban J connectivity index is 2.74. The molecule has 2 rings (SSSR count).